The molecule has 138 valence electrons. The molecule has 2 fully saturated rings. The molecule has 0 saturated carbocycles. The number of carbonyl (C=O) groups is 2. The van der Waals surface area contributed by atoms with Gasteiger partial charge < -0.3 is 14.2 Å². The van der Waals surface area contributed by atoms with Gasteiger partial charge in [0.05, 0.1) is 17.7 Å². The van der Waals surface area contributed by atoms with Crippen molar-refractivity contribution < 1.29 is 22.8 Å². The third kappa shape index (κ3) is 3.26. The van der Waals surface area contributed by atoms with E-state index in [0.29, 0.717) is 25.2 Å². The lowest BCUT2D eigenvalue weighted by molar-refractivity contribution is -0.151. The van der Waals surface area contributed by atoms with E-state index in [-0.39, 0.29) is 24.1 Å². The van der Waals surface area contributed by atoms with Crippen LogP contribution in [0.2, 0.25) is 0 Å². The van der Waals surface area contributed by atoms with Crippen LogP contribution in [0.1, 0.15) is 42.9 Å². The number of rotatable bonds is 3. The lowest BCUT2D eigenvalue weighted by atomic mass is 9.77. The standard InChI is InChI=1S/C17H23F2N3O3/c1-11(2)6-21-5-4-16(15(21)24)7-17(18,19)9-22(8-16)14(23)13-12(3)20-10-25-13/h10-11H,4-9H2,1-3H3. The maximum atomic E-state index is 14.4. The zero-order chi connectivity index (χ0) is 18.4. The third-order valence-corrected chi connectivity index (χ3v) is 4.93. The number of oxazole rings is 1. The van der Waals surface area contributed by atoms with Crippen LogP contribution in [0.4, 0.5) is 8.78 Å². The number of amides is 2. The molecule has 0 aromatic carbocycles. The average Bonchev–Trinajstić information content (AvgIpc) is 3.04. The van der Waals surface area contributed by atoms with Gasteiger partial charge in [-0.1, -0.05) is 13.8 Å². The SMILES string of the molecule is Cc1ncoc1C(=O)N1CC(F)(F)CC2(CCN(CC(C)C)C2=O)C1. The summed E-state index contributed by atoms with van der Waals surface area (Å²) >= 11 is 0. The summed E-state index contributed by atoms with van der Waals surface area (Å²) in [5.74, 6) is -3.79. The summed E-state index contributed by atoms with van der Waals surface area (Å²) in [5.41, 5.74) is -0.854. The molecular formula is C17H23F2N3O3. The Balaban J connectivity index is 1.86. The maximum absolute atomic E-state index is 14.4. The Morgan fingerprint density at radius 2 is 2.12 bits per heavy atom. The van der Waals surface area contributed by atoms with Gasteiger partial charge in [0.15, 0.2) is 6.39 Å². The van der Waals surface area contributed by atoms with Crippen molar-refractivity contribution in [2.75, 3.05) is 26.2 Å². The summed E-state index contributed by atoms with van der Waals surface area (Å²) in [6, 6.07) is 0. The van der Waals surface area contributed by atoms with E-state index in [0.717, 1.165) is 11.3 Å². The predicted octanol–water partition coefficient (Wildman–Crippen LogP) is 2.34. The molecule has 1 spiro atoms. The highest BCUT2D eigenvalue weighted by Gasteiger charge is 2.57. The van der Waals surface area contributed by atoms with Crippen LogP contribution in [0.5, 0.6) is 0 Å². The second-order valence-corrected chi connectivity index (χ2v) is 7.64. The van der Waals surface area contributed by atoms with Crippen LogP contribution in [0.15, 0.2) is 10.8 Å². The van der Waals surface area contributed by atoms with Gasteiger partial charge >= 0.3 is 0 Å². The number of halogens is 2. The summed E-state index contributed by atoms with van der Waals surface area (Å²) in [7, 11) is 0. The Kier molecular flexibility index (Phi) is 4.33. The molecule has 3 heterocycles. The fourth-order valence-corrected chi connectivity index (χ4v) is 3.92. The maximum Gasteiger partial charge on any atom is 0.291 e. The van der Waals surface area contributed by atoms with Crippen LogP contribution in [0, 0.1) is 18.3 Å². The Bertz CT molecular complexity index is 688. The lowest BCUT2D eigenvalue weighted by Crippen LogP contribution is -2.57. The number of nitrogens with zero attached hydrogens (tertiary/aromatic N) is 3. The zero-order valence-electron chi connectivity index (χ0n) is 14.7. The van der Waals surface area contributed by atoms with E-state index in [2.05, 4.69) is 4.98 Å². The molecule has 0 N–H and O–H groups in total. The molecule has 2 aliphatic heterocycles. The molecule has 3 rings (SSSR count). The minimum atomic E-state index is -3.11. The molecule has 0 bridgehead atoms. The number of hydrogen-bond acceptors (Lipinski definition) is 4. The largest absolute Gasteiger partial charge is 0.438 e. The molecule has 1 atom stereocenters. The molecule has 6 nitrogen and oxygen atoms in total. The molecule has 1 aromatic rings. The monoisotopic (exact) mass is 355 g/mol. The highest BCUT2D eigenvalue weighted by Crippen LogP contribution is 2.46. The number of aryl methyl sites for hydroxylation is 1. The number of aromatic nitrogens is 1. The molecule has 2 saturated heterocycles. The zero-order valence-corrected chi connectivity index (χ0v) is 14.7. The molecular weight excluding hydrogens is 332 g/mol. The quantitative estimate of drug-likeness (QED) is 0.835. The van der Waals surface area contributed by atoms with Crippen molar-refractivity contribution in [1.82, 2.24) is 14.8 Å². The molecule has 0 radical (unpaired) electrons. The second-order valence-electron chi connectivity index (χ2n) is 7.64. The van der Waals surface area contributed by atoms with Gasteiger partial charge in [-0.2, -0.15) is 0 Å². The minimum absolute atomic E-state index is 0.00497. The van der Waals surface area contributed by atoms with Crippen molar-refractivity contribution in [3.63, 3.8) is 0 Å². The number of piperidine rings is 1. The third-order valence-electron chi connectivity index (χ3n) is 4.93. The average molecular weight is 355 g/mol. The van der Waals surface area contributed by atoms with E-state index < -0.39 is 30.2 Å². The topological polar surface area (TPSA) is 66.7 Å². The first kappa shape index (κ1) is 17.8. The van der Waals surface area contributed by atoms with Gasteiger partial charge in [-0.25, -0.2) is 13.8 Å². The van der Waals surface area contributed by atoms with Gasteiger partial charge in [-0.3, -0.25) is 9.59 Å². The van der Waals surface area contributed by atoms with Crippen LogP contribution in [-0.4, -0.2) is 58.7 Å². The molecule has 1 unspecified atom stereocenters. The molecule has 0 aliphatic carbocycles. The summed E-state index contributed by atoms with van der Waals surface area (Å²) < 4.78 is 33.9. The molecule has 8 heteroatoms. The van der Waals surface area contributed by atoms with Crippen molar-refractivity contribution in [2.24, 2.45) is 11.3 Å². The van der Waals surface area contributed by atoms with Gasteiger partial charge in [-0.15, -0.1) is 0 Å². The van der Waals surface area contributed by atoms with E-state index >= 15 is 0 Å². The molecule has 25 heavy (non-hydrogen) atoms. The van der Waals surface area contributed by atoms with Crippen molar-refractivity contribution in [1.29, 1.82) is 0 Å². The second kappa shape index (κ2) is 6.07. The van der Waals surface area contributed by atoms with Crippen LogP contribution >= 0.6 is 0 Å². The fourth-order valence-electron chi connectivity index (χ4n) is 3.92. The smallest absolute Gasteiger partial charge is 0.291 e. The minimum Gasteiger partial charge on any atom is -0.438 e. The Morgan fingerprint density at radius 3 is 2.72 bits per heavy atom. The normalized spacial score (nSPS) is 26.1. The first-order chi connectivity index (χ1) is 11.6. The number of likely N-dealkylation sites (tertiary alicyclic amines) is 2. The summed E-state index contributed by atoms with van der Waals surface area (Å²) in [4.78, 5) is 32.0. The molecule has 1 aromatic heterocycles. The number of carbonyl (C=O) groups excluding carboxylic acids is 2. The fraction of sp³-hybridized carbons (Fsp3) is 0.706. The van der Waals surface area contributed by atoms with E-state index in [4.69, 9.17) is 4.42 Å². The van der Waals surface area contributed by atoms with Crippen LogP contribution in [-0.2, 0) is 4.79 Å². The highest BCUT2D eigenvalue weighted by atomic mass is 19.3. The van der Waals surface area contributed by atoms with Crippen molar-refractivity contribution in [3.8, 4) is 0 Å². The Morgan fingerprint density at radius 1 is 1.40 bits per heavy atom. The molecule has 2 amide bonds. The van der Waals surface area contributed by atoms with Crippen molar-refractivity contribution in [3.05, 3.63) is 17.8 Å². The summed E-state index contributed by atoms with van der Waals surface area (Å²) in [6.45, 7) is 5.84. The number of alkyl halides is 2. The summed E-state index contributed by atoms with van der Waals surface area (Å²) in [5, 5.41) is 0. The van der Waals surface area contributed by atoms with Crippen LogP contribution in [0.3, 0.4) is 0 Å². The first-order valence-electron chi connectivity index (χ1n) is 8.50. The van der Waals surface area contributed by atoms with E-state index in [9.17, 15) is 18.4 Å². The summed E-state index contributed by atoms with van der Waals surface area (Å²) in [6.07, 6.45) is 0.950. The Labute approximate surface area is 145 Å². The van der Waals surface area contributed by atoms with E-state index in [1.54, 1.807) is 11.8 Å². The predicted molar refractivity (Wildman–Crippen MR) is 85.2 cm³/mol. The van der Waals surface area contributed by atoms with Crippen LogP contribution < -0.4 is 0 Å². The van der Waals surface area contributed by atoms with Crippen molar-refractivity contribution >= 4 is 11.8 Å². The van der Waals surface area contributed by atoms with Crippen LogP contribution in [0.25, 0.3) is 0 Å². The first-order valence-corrected chi connectivity index (χ1v) is 8.50. The van der Waals surface area contributed by atoms with Gasteiger partial charge in [0.1, 0.15) is 0 Å². The van der Waals surface area contributed by atoms with Gasteiger partial charge in [0.2, 0.25) is 11.7 Å². The van der Waals surface area contributed by atoms with E-state index in [1.165, 1.54) is 0 Å². The molecule has 2 aliphatic rings. The Hall–Kier alpha value is -1.99. The van der Waals surface area contributed by atoms with Gasteiger partial charge in [0, 0.05) is 26.1 Å². The highest BCUT2D eigenvalue weighted by molar-refractivity contribution is 5.93. The lowest BCUT2D eigenvalue weighted by Gasteiger charge is -2.42. The van der Waals surface area contributed by atoms with E-state index in [1.807, 2.05) is 13.8 Å². The number of hydrogen-bond donors (Lipinski definition) is 0. The van der Waals surface area contributed by atoms with Gasteiger partial charge in [-0.05, 0) is 19.3 Å². The van der Waals surface area contributed by atoms with Gasteiger partial charge in [0.25, 0.3) is 11.8 Å². The van der Waals surface area contributed by atoms with Crippen molar-refractivity contribution in [2.45, 2.75) is 39.5 Å².